The molecule has 2 heterocycles. The maximum Gasteiger partial charge on any atom is 0.159 e. The maximum absolute atomic E-state index is 9.80. The van der Waals surface area contributed by atoms with Crippen LogP contribution in [0.1, 0.15) is 30.7 Å². The number of rotatable bonds is 4. The highest BCUT2D eigenvalue weighted by Gasteiger charge is 2.75. The van der Waals surface area contributed by atoms with Crippen LogP contribution in [0.5, 0.6) is 0 Å². The van der Waals surface area contributed by atoms with Crippen LogP contribution in [-0.2, 0) is 16.8 Å². The SMILES string of the molecule is COCc1nc(Cl)cc(-n2ncc3ccc(C4(C#N)CC45CC5)cc32)n1. The molecule has 0 saturated heterocycles. The Morgan fingerprint density at radius 3 is 2.85 bits per heavy atom. The molecule has 2 aliphatic rings. The average Bonchev–Trinajstić information content (AvgIpc) is 3.50. The molecule has 0 N–H and O–H groups in total. The van der Waals surface area contributed by atoms with E-state index in [1.165, 1.54) is 0 Å². The molecule has 26 heavy (non-hydrogen) atoms. The Morgan fingerprint density at radius 1 is 1.31 bits per heavy atom. The number of hydrogen-bond acceptors (Lipinski definition) is 5. The summed E-state index contributed by atoms with van der Waals surface area (Å²) in [6.45, 7) is 0.276. The number of fused-ring (bicyclic) bond motifs is 1. The predicted octanol–water partition coefficient (Wildman–Crippen LogP) is 3.56. The molecule has 1 atom stereocenters. The van der Waals surface area contributed by atoms with Gasteiger partial charge in [0.1, 0.15) is 11.8 Å². The van der Waals surface area contributed by atoms with Crippen LogP contribution < -0.4 is 0 Å². The maximum atomic E-state index is 9.80. The monoisotopic (exact) mass is 365 g/mol. The first-order valence-electron chi connectivity index (χ1n) is 8.53. The largest absolute Gasteiger partial charge is 0.377 e. The highest BCUT2D eigenvalue weighted by atomic mass is 35.5. The molecule has 130 valence electrons. The molecule has 0 radical (unpaired) electrons. The molecule has 2 saturated carbocycles. The predicted molar refractivity (Wildman–Crippen MR) is 96.0 cm³/mol. The molecule has 0 aliphatic heterocycles. The van der Waals surface area contributed by atoms with Gasteiger partial charge in [-0.25, -0.2) is 14.6 Å². The van der Waals surface area contributed by atoms with Crippen molar-refractivity contribution in [2.24, 2.45) is 5.41 Å². The van der Waals surface area contributed by atoms with Crippen LogP contribution in [0.4, 0.5) is 0 Å². The minimum Gasteiger partial charge on any atom is -0.377 e. The molecule has 2 aromatic heterocycles. The van der Waals surface area contributed by atoms with Gasteiger partial charge in [0.05, 0.1) is 23.2 Å². The van der Waals surface area contributed by atoms with E-state index in [0.717, 1.165) is 35.7 Å². The van der Waals surface area contributed by atoms with Gasteiger partial charge in [0.25, 0.3) is 0 Å². The number of nitrogens with zero attached hydrogens (tertiary/aromatic N) is 5. The van der Waals surface area contributed by atoms with E-state index < -0.39 is 0 Å². The van der Waals surface area contributed by atoms with Crippen molar-refractivity contribution in [1.82, 2.24) is 19.7 Å². The van der Waals surface area contributed by atoms with Gasteiger partial charge in [-0.15, -0.1) is 0 Å². The highest BCUT2D eigenvalue weighted by molar-refractivity contribution is 6.29. The van der Waals surface area contributed by atoms with Crippen LogP contribution in [0.2, 0.25) is 5.15 Å². The summed E-state index contributed by atoms with van der Waals surface area (Å²) in [5.74, 6) is 1.09. The number of nitriles is 1. The summed E-state index contributed by atoms with van der Waals surface area (Å²) >= 11 is 6.14. The molecule has 3 aromatic rings. The lowest BCUT2D eigenvalue weighted by atomic mass is 9.93. The Hall–Kier alpha value is -2.49. The number of aromatic nitrogens is 4. The van der Waals surface area contributed by atoms with Crippen molar-refractivity contribution < 1.29 is 4.74 Å². The van der Waals surface area contributed by atoms with E-state index in [1.54, 1.807) is 24.1 Å². The van der Waals surface area contributed by atoms with Crippen LogP contribution in [0.15, 0.2) is 30.5 Å². The third-order valence-electron chi connectivity index (χ3n) is 5.71. The molecule has 2 aliphatic carbocycles. The smallest absolute Gasteiger partial charge is 0.159 e. The van der Waals surface area contributed by atoms with Crippen molar-refractivity contribution in [2.75, 3.05) is 7.11 Å². The molecule has 1 spiro atoms. The Kier molecular flexibility index (Phi) is 3.18. The molecule has 1 unspecified atom stereocenters. The Labute approximate surface area is 155 Å². The number of methoxy groups -OCH3 is 1. The fourth-order valence-electron chi connectivity index (χ4n) is 4.07. The molecule has 5 rings (SSSR count). The first-order chi connectivity index (χ1) is 12.6. The van der Waals surface area contributed by atoms with Crippen molar-refractivity contribution in [1.29, 1.82) is 5.26 Å². The Morgan fingerprint density at radius 2 is 2.15 bits per heavy atom. The van der Waals surface area contributed by atoms with Crippen LogP contribution in [0.25, 0.3) is 16.7 Å². The zero-order valence-electron chi connectivity index (χ0n) is 14.2. The van der Waals surface area contributed by atoms with Gasteiger partial charge in [0.2, 0.25) is 0 Å². The van der Waals surface area contributed by atoms with Crippen molar-refractivity contribution in [3.05, 3.63) is 47.0 Å². The Balaban J connectivity index is 1.64. The zero-order chi connectivity index (χ0) is 17.9. The van der Waals surface area contributed by atoms with Gasteiger partial charge in [-0.3, -0.25) is 0 Å². The van der Waals surface area contributed by atoms with Gasteiger partial charge < -0.3 is 4.74 Å². The number of hydrogen-bond donors (Lipinski definition) is 0. The summed E-state index contributed by atoms with van der Waals surface area (Å²) in [5, 5.41) is 15.6. The lowest BCUT2D eigenvalue weighted by molar-refractivity contribution is 0.177. The first-order valence-corrected chi connectivity index (χ1v) is 8.91. The molecule has 7 heteroatoms. The van der Waals surface area contributed by atoms with Gasteiger partial charge in [0, 0.05) is 18.6 Å². The molecule has 0 bridgehead atoms. The van der Waals surface area contributed by atoms with Crippen LogP contribution in [0, 0.1) is 16.7 Å². The summed E-state index contributed by atoms with van der Waals surface area (Å²) < 4.78 is 6.86. The van der Waals surface area contributed by atoms with Crippen LogP contribution in [0.3, 0.4) is 0 Å². The molecule has 1 aromatic carbocycles. The van der Waals surface area contributed by atoms with Crippen LogP contribution in [-0.4, -0.2) is 26.9 Å². The lowest BCUT2D eigenvalue weighted by Crippen LogP contribution is -2.08. The van der Waals surface area contributed by atoms with Crippen molar-refractivity contribution >= 4 is 22.5 Å². The average molecular weight is 366 g/mol. The third kappa shape index (κ3) is 2.11. The second-order valence-electron chi connectivity index (χ2n) is 7.20. The number of benzene rings is 1. The van der Waals surface area contributed by atoms with Gasteiger partial charge >= 0.3 is 0 Å². The van der Waals surface area contributed by atoms with E-state index in [2.05, 4.69) is 33.3 Å². The van der Waals surface area contributed by atoms with E-state index in [4.69, 9.17) is 16.3 Å². The third-order valence-corrected chi connectivity index (χ3v) is 5.90. The van der Waals surface area contributed by atoms with Crippen LogP contribution >= 0.6 is 11.6 Å². The lowest BCUT2D eigenvalue weighted by Gasteiger charge is -2.10. The molecular weight excluding hydrogens is 350 g/mol. The van der Waals surface area contributed by atoms with Gasteiger partial charge in [-0.1, -0.05) is 23.7 Å². The quantitative estimate of drug-likeness (QED) is 0.661. The number of ether oxygens (including phenoxy) is 1. The van der Waals surface area contributed by atoms with Crippen molar-refractivity contribution in [2.45, 2.75) is 31.3 Å². The topological polar surface area (TPSA) is 76.6 Å². The van der Waals surface area contributed by atoms with E-state index in [9.17, 15) is 5.26 Å². The van der Waals surface area contributed by atoms with E-state index >= 15 is 0 Å². The minimum atomic E-state index is -0.333. The molecule has 6 nitrogen and oxygen atoms in total. The summed E-state index contributed by atoms with van der Waals surface area (Å²) in [7, 11) is 1.59. The zero-order valence-corrected chi connectivity index (χ0v) is 15.0. The van der Waals surface area contributed by atoms with Crippen molar-refractivity contribution in [3.63, 3.8) is 0 Å². The van der Waals surface area contributed by atoms with Crippen molar-refractivity contribution in [3.8, 4) is 11.9 Å². The highest BCUT2D eigenvalue weighted by Crippen LogP contribution is 2.78. The summed E-state index contributed by atoms with van der Waals surface area (Å²) in [5.41, 5.74) is 1.88. The van der Waals surface area contributed by atoms with Gasteiger partial charge in [-0.05, 0) is 36.3 Å². The number of halogens is 1. The standard InChI is InChI=1S/C19H16ClN5O/c1-26-9-16-23-15(20)7-17(24-16)25-14-6-13(3-2-12(14)8-22-25)19(11-21)10-18(19)4-5-18/h2-3,6-8H,4-5,9-10H2,1H3. The Bertz CT molecular complexity index is 1080. The summed E-state index contributed by atoms with van der Waals surface area (Å²) in [6.07, 6.45) is 5.07. The van der Waals surface area contributed by atoms with E-state index in [-0.39, 0.29) is 17.4 Å². The minimum absolute atomic E-state index is 0.226. The first kappa shape index (κ1) is 15.7. The molecular formula is C19H16ClN5O. The normalized spacial score (nSPS) is 22.5. The fourth-order valence-corrected chi connectivity index (χ4v) is 4.26. The summed E-state index contributed by atoms with van der Waals surface area (Å²) in [4.78, 5) is 8.67. The summed E-state index contributed by atoms with van der Waals surface area (Å²) in [6, 6.07) is 10.4. The molecule has 2 fully saturated rings. The molecule has 0 amide bonds. The fraction of sp³-hybridized carbons (Fsp3) is 0.368. The van der Waals surface area contributed by atoms with Gasteiger partial charge in [0.15, 0.2) is 11.6 Å². The second-order valence-corrected chi connectivity index (χ2v) is 7.59. The van der Waals surface area contributed by atoms with Gasteiger partial charge in [-0.2, -0.15) is 10.4 Å². The van der Waals surface area contributed by atoms with E-state index in [0.29, 0.717) is 16.8 Å². The van der Waals surface area contributed by atoms with E-state index in [1.807, 2.05) is 6.07 Å². The second kappa shape index (κ2) is 5.26.